The highest BCUT2D eigenvalue weighted by atomic mass is 32.1. The summed E-state index contributed by atoms with van der Waals surface area (Å²) in [6.45, 7) is 2.89. The standard InChI is InChI=1S/C14H19FN2OS/c15-13-6-11(5-12(7-13)14(16)19)9-17-3-1-10(8-17)2-4-18/h5-7,10,18H,1-4,8-9H2,(H2,16,19). The Hall–Kier alpha value is -1.04. The van der Waals surface area contributed by atoms with Gasteiger partial charge in [-0.15, -0.1) is 0 Å². The molecule has 1 heterocycles. The Morgan fingerprint density at radius 3 is 2.95 bits per heavy atom. The van der Waals surface area contributed by atoms with E-state index in [-0.39, 0.29) is 17.4 Å². The molecule has 2 rings (SSSR count). The maximum Gasteiger partial charge on any atom is 0.124 e. The first-order chi connectivity index (χ1) is 9.08. The van der Waals surface area contributed by atoms with E-state index in [9.17, 15) is 4.39 Å². The zero-order valence-electron chi connectivity index (χ0n) is 10.8. The van der Waals surface area contributed by atoms with Crippen molar-refractivity contribution in [3.8, 4) is 0 Å². The number of aliphatic hydroxyl groups excluding tert-OH is 1. The van der Waals surface area contributed by atoms with E-state index in [0.29, 0.717) is 18.0 Å². The van der Waals surface area contributed by atoms with Crippen LogP contribution in [-0.2, 0) is 6.54 Å². The average molecular weight is 282 g/mol. The number of nitrogens with two attached hydrogens (primary N) is 1. The van der Waals surface area contributed by atoms with E-state index in [4.69, 9.17) is 23.1 Å². The molecule has 1 saturated heterocycles. The molecule has 3 N–H and O–H groups in total. The summed E-state index contributed by atoms with van der Waals surface area (Å²) in [6.07, 6.45) is 1.94. The van der Waals surface area contributed by atoms with Crippen LogP contribution < -0.4 is 5.73 Å². The zero-order chi connectivity index (χ0) is 13.8. The Morgan fingerprint density at radius 1 is 1.47 bits per heavy atom. The number of thiocarbonyl (C=S) groups is 1. The predicted molar refractivity (Wildman–Crippen MR) is 77.4 cm³/mol. The molecule has 1 aliphatic rings. The molecule has 1 atom stereocenters. The molecule has 1 unspecified atom stereocenters. The van der Waals surface area contributed by atoms with Gasteiger partial charge in [-0.3, -0.25) is 4.90 Å². The topological polar surface area (TPSA) is 49.5 Å². The van der Waals surface area contributed by atoms with Gasteiger partial charge in [-0.05, 0) is 49.1 Å². The van der Waals surface area contributed by atoms with Crippen molar-refractivity contribution in [3.05, 3.63) is 35.1 Å². The molecule has 3 nitrogen and oxygen atoms in total. The Bertz CT molecular complexity index is 467. The van der Waals surface area contributed by atoms with E-state index in [1.807, 2.05) is 6.07 Å². The number of likely N-dealkylation sites (tertiary alicyclic amines) is 1. The van der Waals surface area contributed by atoms with Crippen molar-refractivity contribution < 1.29 is 9.50 Å². The van der Waals surface area contributed by atoms with E-state index in [0.717, 1.165) is 31.5 Å². The first kappa shape index (κ1) is 14.4. The fourth-order valence-electron chi connectivity index (χ4n) is 2.62. The minimum atomic E-state index is -0.300. The molecule has 0 amide bonds. The van der Waals surface area contributed by atoms with Gasteiger partial charge in [0, 0.05) is 25.3 Å². The van der Waals surface area contributed by atoms with E-state index in [2.05, 4.69) is 4.90 Å². The lowest BCUT2D eigenvalue weighted by molar-refractivity contribution is 0.249. The van der Waals surface area contributed by atoms with Gasteiger partial charge in [0.05, 0.1) is 0 Å². The Kier molecular flexibility index (Phi) is 4.85. The fraction of sp³-hybridized carbons (Fsp3) is 0.500. The molecule has 0 radical (unpaired) electrons. The van der Waals surface area contributed by atoms with Gasteiger partial charge in [-0.2, -0.15) is 0 Å². The SMILES string of the molecule is NC(=S)c1cc(F)cc(CN2CCC(CCO)C2)c1. The Morgan fingerprint density at radius 2 is 2.26 bits per heavy atom. The van der Waals surface area contributed by atoms with Gasteiger partial charge in [0.25, 0.3) is 0 Å². The van der Waals surface area contributed by atoms with Crippen LogP contribution >= 0.6 is 12.2 Å². The second-order valence-electron chi connectivity index (χ2n) is 5.11. The van der Waals surface area contributed by atoms with Crippen molar-refractivity contribution in [2.45, 2.75) is 19.4 Å². The van der Waals surface area contributed by atoms with Gasteiger partial charge >= 0.3 is 0 Å². The van der Waals surface area contributed by atoms with Crippen LogP contribution in [0.4, 0.5) is 4.39 Å². The van der Waals surface area contributed by atoms with Gasteiger partial charge < -0.3 is 10.8 Å². The first-order valence-electron chi connectivity index (χ1n) is 6.51. The summed E-state index contributed by atoms with van der Waals surface area (Å²) in [4.78, 5) is 2.50. The maximum absolute atomic E-state index is 13.5. The molecule has 104 valence electrons. The molecule has 1 aromatic carbocycles. The average Bonchev–Trinajstić information content (AvgIpc) is 2.76. The highest BCUT2D eigenvalue weighted by molar-refractivity contribution is 7.80. The Labute approximate surface area is 118 Å². The van der Waals surface area contributed by atoms with E-state index in [1.165, 1.54) is 12.1 Å². The van der Waals surface area contributed by atoms with E-state index < -0.39 is 0 Å². The van der Waals surface area contributed by atoms with Crippen LogP contribution in [0.5, 0.6) is 0 Å². The van der Waals surface area contributed by atoms with Crippen molar-refractivity contribution >= 4 is 17.2 Å². The van der Waals surface area contributed by atoms with Crippen molar-refractivity contribution in [1.29, 1.82) is 0 Å². The number of benzene rings is 1. The van der Waals surface area contributed by atoms with Crippen LogP contribution in [0.25, 0.3) is 0 Å². The Balaban J connectivity index is 2.01. The largest absolute Gasteiger partial charge is 0.396 e. The van der Waals surface area contributed by atoms with Gasteiger partial charge in [0.15, 0.2) is 0 Å². The van der Waals surface area contributed by atoms with Crippen molar-refractivity contribution in [2.24, 2.45) is 11.7 Å². The number of hydrogen-bond acceptors (Lipinski definition) is 3. The van der Waals surface area contributed by atoms with Gasteiger partial charge in [-0.25, -0.2) is 4.39 Å². The molecule has 5 heteroatoms. The summed E-state index contributed by atoms with van der Waals surface area (Å²) in [5.74, 6) is 0.250. The number of rotatable bonds is 5. The molecular weight excluding hydrogens is 263 g/mol. The first-order valence-corrected chi connectivity index (χ1v) is 6.92. The number of nitrogens with zero attached hydrogens (tertiary/aromatic N) is 1. The van der Waals surface area contributed by atoms with Gasteiger partial charge in [-0.1, -0.05) is 12.2 Å². The van der Waals surface area contributed by atoms with Crippen molar-refractivity contribution in [2.75, 3.05) is 19.7 Å². The van der Waals surface area contributed by atoms with Crippen molar-refractivity contribution in [3.63, 3.8) is 0 Å². The van der Waals surface area contributed by atoms with Crippen LogP contribution in [-0.4, -0.2) is 34.7 Å². The molecular formula is C14H19FN2OS. The van der Waals surface area contributed by atoms with Crippen LogP contribution in [0.15, 0.2) is 18.2 Å². The summed E-state index contributed by atoms with van der Waals surface area (Å²) < 4.78 is 13.5. The maximum atomic E-state index is 13.5. The fourth-order valence-corrected chi connectivity index (χ4v) is 2.73. The monoisotopic (exact) mass is 282 g/mol. The molecule has 1 aromatic rings. The van der Waals surface area contributed by atoms with Crippen LogP contribution in [0.1, 0.15) is 24.0 Å². The third-order valence-corrected chi connectivity index (χ3v) is 3.79. The third kappa shape index (κ3) is 3.96. The second-order valence-corrected chi connectivity index (χ2v) is 5.55. The summed E-state index contributed by atoms with van der Waals surface area (Å²) in [6, 6.07) is 4.75. The van der Waals surface area contributed by atoms with Gasteiger partial charge in [0.2, 0.25) is 0 Å². The normalized spacial score (nSPS) is 19.8. The smallest absolute Gasteiger partial charge is 0.124 e. The molecule has 0 saturated carbocycles. The van der Waals surface area contributed by atoms with Crippen LogP contribution in [0.2, 0.25) is 0 Å². The van der Waals surface area contributed by atoms with Gasteiger partial charge in [0.1, 0.15) is 10.8 Å². The second kappa shape index (κ2) is 6.41. The zero-order valence-corrected chi connectivity index (χ0v) is 11.6. The van der Waals surface area contributed by atoms with Crippen LogP contribution in [0, 0.1) is 11.7 Å². The summed E-state index contributed by atoms with van der Waals surface area (Å²) in [5.41, 5.74) is 7.02. The quantitative estimate of drug-likeness (QED) is 0.807. The number of halogens is 1. The number of hydrogen-bond donors (Lipinski definition) is 2. The highest BCUT2D eigenvalue weighted by Gasteiger charge is 2.22. The lowest BCUT2D eigenvalue weighted by atomic mass is 10.1. The third-order valence-electron chi connectivity index (χ3n) is 3.56. The molecule has 0 aromatic heterocycles. The minimum Gasteiger partial charge on any atom is -0.396 e. The predicted octanol–water partition coefficient (Wildman–Crippen LogP) is 1.66. The minimum absolute atomic E-state index is 0.223. The van der Waals surface area contributed by atoms with Crippen LogP contribution in [0.3, 0.4) is 0 Å². The summed E-state index contributed by atoms with van der Waals surface area (Å²) in [7, 11) is 0. The molecule has 19 heavy (non-hydrogen) atoms. The van der Waals surface area contributed by atoms with Crippen molar-refractivity contribution in [1.82, 2.24) is 4.90 Å². The summed E-state index contributed by atoms with van der Waals surface area (Å²) >= 11 is 4.89. The molecule has 1 aliphatic heterocycles. The summed E-state index contributed by atoms with van der Waals surface area (Å²) in [5, 5.41) is 8.94. The lowest BCUT2D eigenvalue weighted by Crippen LogP contribution is -2.21. The number of aliphatic hydroxyl groups is 1. The van der Waals surface area contributed by atoms with E-state index >= 15 is 0 Å². The van der Waals surface area contributed by atoms with E-state index in [1.54, 1.807) is 0 Å². The molecule has 0 spiro atoms. The highest BCUT2D eigenvalue weighted by Crippen LogP contribution is 2.21. The molecule has 1 fully saturated rings. The lowest BCUT2D eigenvalue weighted by Gasteiger charge is -2.16. The molecule has 0 bridgehead atoms. The molecule has 0 aliphatic carbocycles.